The van der Waals surface area contributed by atoms with Crippen LogP contribution in [0.5, 0.6) is 0 Å². The molecule has 5 nitrogen and oxygen atoms in total. The number of carbonyl (C=O) groups excluding carboxylic acids is 1. The van der Waals surface area contributed by atoms with Crippen LogP contribution in [0, 0.1) is 0 Å². The summed E-state index contributed by atoms with van der Waals surface area (Å²) in [7, 11) is 0. The Labute approximate surface area is 171 Å². The number of likely N-dealkylation sites (tertiary alicyclic amines) is 1. The molecule has 1 fully saturated rings. The van der Waals surface area contributed by atoms with Crippen LogP contribution in [-0.2, 0) is 6.18 Å². The Morgan fingerprint density at radius 1 is 1.10 bits per heavy atom. The zero-order valence-electron chi connectivity index (χ0n) is 16.0. The van der Waals surface area contributed by atoms with Crippen molar-refractivity contribution in [1.82, 2.24) is 19.9 Å². The Morgan fingerprint density at radius 2 is 1.93 bits per heavy atom. The Bertz CT molecular complexity index is 1040. The third kappa shape index (κ3) is 4.32. The fourth-order valence-electron chi connectivity index (χ4n) is 3.67. The molecular weight excluding hydrogens is 393 g/mol. The quantitative estimate of drug-likeness (QED) is 0.632. The highest BCUT2D eigenvalue weighted by atomic mass is 19.4. The predicted octanol–water partition coefficient (Wildman–Crippen LogP) is 4.58. The lowest BCUT2D eigenvalue weighted by atomic mass is 9.93. The largest absolute Gasteiger partial charge is 0.416 e. The number of alkyl halides is 3. The standard InChI is InChI=1S/C22H19F3N4O/c23-22(24,25)17-6-1-4-15(12-17)18-7-2-8-19(28-18)16-5-3-11-29(14-16)21(30)20-13-26-9-10-27-20/h1-2,4,6-10,12-13,16H,3,5,11,14H2/t16-/m0/s1. The average molecular weight is 412 g/mol. The second kappa shape index (κ2) is 8.22. The van der Waals surface area contributed by atoms with Gasteiger partial charge in [0.05, 0.1) is 17.5 Å². The van der Waals surface area contributed by atoms with E-state index in [9.17, 15) is 18.0 Å². The van der Waals surface area contributed by atoms with Crippen molar-refractivity contribution in [1.29, 1.82) is 0 Å². The molecule has 1 aromatic carbocycles. The summed E-state index contributed by atoms with van der Waals surface area (Å²) >= 11 is 0. The van der Waals surface area contributed by atoms with Crippen LogP contribution in [0.2, 0.25) is 0 Å². The number of rotatable bonds is 3. The van der Waals surface area contributed by atoms with Gasteiger partial charge in [-0.25, -0.2) is 4.98 Å². The van der Waals surface area contributed by atoms with Crippen LogP contribution in [0.4, 0.5) is 13.2 Å². The van der Waals surface area contributed by atoms with E-state index >= 15 is 0 Å². The number of hydrogen-bond donors (Lipinski definition) is 0. The van der Waals surface area contributed by atoms with E-state index in [1.807, 2.05) is 6.07 Å². The van der Waals surface area contributed by atoms with Crippen molar-refractivity contribution in [3.8, 4) is 11.3 Å². The fourth-order valence-corrected chi connectivity index (χ4v) is 3.67. The fraction of sp³-hybridized carbons (Fsp3) is 0.273. The number of benzene rings is 1. The maximum absolute atomic E-state index is 13.0. The first-order valence-corrected chi connectivity index (χ1v) is 9.62. The molecule has 0 aliphatic carbocycles. The highest BCUT2D eigenvalue weighted by molar-refractivity contribution is 5.92. The third-order valence-corrected chi connectivity index (χ3v) is 5.17. The van der Waals surface area contributed by atoms with Gasteiger partial charge in [-0.15, -0.1) is 0 Å². The first-order valence-electron chi connectivity index (χ1n) is 9.62. The molecule has 30 heavy (non-hydrogen) atoms. The number of aromatic nitrogens is 3. The van der Waals surface area contributed by atoms with Crippen molar-refractivity contribution >= 4 is 5.91 Å². The number of nitrogens with zero attached hydrogens (tertiary/aromatic N) is 4. The molecule has 0 N–H and O–H groups in total. The van der Waals surface area contributed by atoms with Crippen LogP contribution in [0.1, 0.15) is 40.5 Å². The summed E-state index contributed by atoms with van der Waals surface area (Å²) in [6, 6.07) is 10.5. The molecule has 2 aromatic heterocycles. The number of pyridine rings is 1. The van der Waals surface area contributed by atoms with Crippen LogP contribution in [0.3, 0.4) is 0 Å². The van der Waals surface area contributed by atoms with E-state index in [0.717, 1.165) is 30.7 Å². The van der Waals surface area contributed by atoms with Crippen molar-refractivity contribution in [2.24, 2.45) is 0 Å². The lowest BCUT2D eigenvalue weighted by Crippen LogP contribution is -2.39. The normalized spacial score (nSPS) is 17.0. The zero-order valence-corrected chi connectivity index (χ0v) is 16.0. The molecule has 154 valence electrons. The summed E-state index contributed by atoms with van der Waals surface area (Å²) < 4.78 is 39.1. The van der Waals surface area contributed by atoms with Gasteiger partial charge >= 0.3 is 6.18 Å². The SMILES string of the molecule is O=C(c1cnccn1)N1CCC[C@H](c2cccc(-c3cccc(C(F)(F)F)c3)n2)C1. The van der Waals surface area contributed by atoms with E-state index in [2.05, 4.69) is 15.0 Å². The maximum Gasteiger partial charge on any atom is 0.416 e. The lowest BCUT2D eigenvalue weighted by Gasteiger charge is -2.32. The van der Waals surface area contributed by atoms with Crippen LogP contribution in [-0.4, -0.2) is 38.8 Å². The van der Waals surface area contributed by atoms with Crippen LogP contribution in [0.25, 0.3) is 11.3 Å². The Hall–Kier alpha value is -3.29. The summed E-state index contributed by atoms with van der Waals surface area (Å²) in [6.45, 7) is 1.10. The van der Waals surface area contributed by atoms with E-state index in [-0.39, 0.29) is 11.8 Å². The lowest BCUT2D eigenvalue weighted by molar-refractivity contribution is -0.137. The molecule has 1 amide bonds. The molecule has 0 spiro atoms. The molecule has 0 saturated carbocycles. The monoisotopic (exact) mass is 412 g/mol. The van der Waals surface area contributed by atoms with Gasteiger partial charge in [0, 0.05) is 42.7 Å². The van der Waals surface area contributed by atoms with E-state index < -0.39 is 11.7 Å². The predicted molar refractivity (Wildman–Crippen MR) is 105 cm³/mol. The number of halogens is 3. The maximum atomic E-state index is 13.0. The molecule has 1 aliphatic rings. The number of hydrogen-bond acceptors (Lipinski definition) is 4. The van der Waals surface area contributed by atoms with Crippen molar-refractivity contribution in [2.75, 3.05) is 13.1 Å². The second-order valence-electron chi connectivity index (χ2n) is 7.21. The Kier molecular flexibility index (Phi) is 5.48. The summed E-state index contributed by atoms with van der Waals surface area (Å²) in [5, 5.41) is 0. The van der Waals surface area contributed by atoms with Gasteiger partial charge in [-0.05, 0) is 37.1 Å². The molecule has 3 heterocycles. The Balaban J connectivity index is 1.56. The number of amides is 1. The summed E-state index contributed by atoms with van der Waals surface area (Å²) in [5.41, 5.74) is 1.25. The first kappa shape index (κ1) is 20.0. The summed E-state index contributed by atoms with van der Waals surface area (Å²) in [4.78, 5) is 27.1. The number of piperidine rings is 1. The highest BCUT2D eigenvalue weighted by Gasteiger charge is 2.31. The van der Waals surface area contributed by atoms with Crippen LogP contribution in [0.15, 0.2) is 61.1 Å². The van der Waals surface area contributed by atoms with Crippen molar-refractivity contribution in [3.63, 3.8) is 0 Å². The van der Waals surface area contributed by atoms with E-state index in [4.69, 9.17) is 0 Å². The molecule has 0 bridgehead atoms. The van der Waals surface area contributed by atoms with E-state index in [1.54, 1.807) is 23.1 Å². The van der Waals surface area contributed by atoms with Gasteiger partial charge in [-0.2, -0.15) is 13.2 Å². The zero-order chi connectivity index (χ0) is 21.1. The minimum atomic E-state index is -4.40. The van der Waals surface area contributed by atoms with E-state index in [0.29, 0.717) is 30.0 Å². The molecule has 3 aromatic rings. The van der Waals surface area contributed by atoms with Gasteiger partial charge in [0.1, 0.15) is 5.69 Å². The Morgan fingerprint density at radius 3 is 2.70 bits per heavy atom. The molecule has 4 rings (SSSR count). The molecule has 1 aliphatic heterocycles. The van der Waals surface area contributed by atoms with Crippen molar-refractivity contribution < 1.29 is 18.0 Å². The highest BCUT2D eigenvalue weighted by Crippen LogP contribution is 2.33. The second-order valence-corrected chi connectivity index (χ2v) is 7.21. The molecule has 1 saturated heterocycles. The van der Waals surface area contributed by atoms with Gasteiger partial charge in [0.25, 0.3) is 5.91 Å². The average Bonchev–Trinajstić information content (AvgIpc) is 2.79. The van der Waals surface area contributed by atoms with Crippen molar-refractivity contribution in [2.45, 2.75) is 24.9 Å². The molecular formula is C22H19F3N4O. The minimum Gasteiger partial charge on any atom is -0.337 e. The third-order valence-electron chi connectivity index (χ3n) is 5.17. The molecule has 0 unspecified atom stereocenters. The molecule has 0 radical (unpaired) electrons. The van der Waals surface area contributed by atoms with Crippen LogP contribution < -0.4 is 0 Å². The topological polar surface area (TPSA) is 59.0 Å². The van der Waals surface area contributed by atoms with Gasteiger partial charge in [-0.3, -0.25) is 14.8 Å². The summed E-state index contributed by atoms with van der Waals surface area (Å²) in [5.74, 6) is -0.174. The van der Waals surface area contributed by atoms with E-state index in [1.165, 1.54) is 24.7 Å². The van der Waals surface area contributed by atoms with Crippen molar-refractivity contribution in [3.05, 3.63) is 78.0 Å². The molecule has 8 heteroatoms. The van der Waals surface area contributed by atoms with Crippen LogP contribution >= 0.6 is 0 Å². The van der Waals surface area contributed by atoms with Gasteiger partial charge < -0.3 is 4.90 Å². The minimum absolute atomic E-state index is 0.00474. The van der Waals surface area contributed by atoms with Gasteiger partial charge in [0.2, 0.25) is 0 Å². The smallest absolute Gasteiger partial charge is 0.337 e. The first-order chi connectivity index (χ1) is 14.4. The summed E-state index contributed by atoms with van der Waals surface area (Å²) in [6.07, 6.45) is 1.69. The molecule has 1 atom stereocenters. The van der Waals surface area contributed by atoms with Gasteiger partial charge in [0.15, 0.2) is 0 Å². The van der Waals surface area contributed by atoms with Gasteiger partial charge in [-0.1, -0.05) is 18.2 Å². The number of carbonyl (C=O) groups is 1.